The Bertz CT molecular complexity index is 535. The zero-order valence-electron chi connectivity index (χ0n) is 7.14. The molecule has 0 aliphatic rings. The standard InChI is InChI=1S/C7H8N5O2/c8-9-7-10-12(14)6-4-2-1-3-5(6)11(7)13/h1-4,13H,8H2,(H,9,10,14)/q+1/p+1. The number of nitrogen functional groups attached to an aromatic ring is 1. The number of hydrogen-bond acceptors (Lipinski definition) is 4. The number of fused-ring (bicyclic) bond motifs is 1. The van der Waals surface area contributed by atoms with Gasteiger partial charge in [-0.1, -0.05) is 12.1 Å². The van der Waals surface area contributed by atoms with E-state index in [1.54, 1.807) is 24.3 Å². The molecule has 0 radical (unpaired) electrons. The van der Waals surface area contributed by atoms with Crippen LogP contribution >= 0.6 is 0 Å². The highest BCUT2D eigenvalue weighted by Gasteiger charge is 2.20. The Kier molecular flexibility index (Phi) is 1.79. The molecule has 0 unspecified atom stereocenters. The summed E-state index contributed by atoms with van der Waals surface area (Å²) in [7, 11) is 0. The molecular weight excluding hydrogens is 186 g/mol. The van der Waals surface area contributed by atoms with E-state index in [1.165, 1.54) is 0 Å². The fraction of sp³-hybridized carbons (Fsp3) is 0. The van der Waals surface area contributed by atoms with E-state index < -0.39 is 0 Å². The summed E-state index contributed by atoms with van der Waals surface area (Å²) in [5, 5.41) is 11.9. The van der Waals surface area contributed by atoms with Crippen LogP contribution in [-0.2, 0) is 0 Å². The molecule has 0 aliphatic heterocycles. The van der Waals surface area contributed by atoms with Gasteiger partial charge < -0.3 is 5.21 Å². The van der Waals surface area contributed by atoms with E-state index in [9.17, 15) is 10.1 Å². The highest BCUT2D eigenvalue weighted by Crippen LogP contribution is 2.02. The minimum absolute atomic E-state index is 0.00120. The first kappa shape index (κ1) is 8.45. The topological polar surface area (TPSA) is 101 Å². The molecule has 0 atom stereocenters. The number of H-pyrrole nitrogens is 1. The number of para-hydroxylation sites is 2. The Morgan fingerprint density at radius 3 is 2.64 bits per heavy atom. The van der Waals surface area contributed by atoms with Gasteiger partial charge in [-0.25, -0.2) is 0 Å². The molecule has 1 aromatic carbocycles. The summed E-state index contributed by atoms with van der Waals surface area (Å²) in [6.07, 6.45) is 0. The van der Waals surface area contributed by atoms with Crippen LogP contribution in [0.3, 0.4) is 0 Å². The number of aromatic nitrogens is 3. The molecule has 14 heavy (non-hydrogen) atoms. The smallest absolute Gasteiger partial charge is 0.370 e. The molecule has 0 saturated carbocycles. The minimum Gasteiger partial charge on any atom is -0.370 e. The van der Waals surface area contributed by atoms with Crippen molar-refractivity contribution in [3.63, 3.8) is 0 Å². The van der Waals surface area contributed by atoms with Gasteiger partial charge in [-0.05, 0) is 10.8 Å². The average molecular weight is 195 g/mol. The first-order valence-corrected chi connectivity index (χ1v) is 3.89. The summed E-state index contributed by atoms with van der Waals surface area (Å²) in [5.74, 6) is 5.10. The molecule has 72 valence electrons. The number of benzene rings is 1. The predicted molar refractivity (Wildman–Crippen MR) is 46.9 cm³/mol. The molecule has 2 rings (SSSR count). The molecule has 0 fully saturated rings. The number of nitrogens with zero attached hydrogens (tertiary/aromatic N) is 2. The second-order valence-electron chi connectivity index (χ2n) is 2.70. The van der Waals surface area contributed by atoms with Gasteiger partial charge in [-0.3, -0.25) is 0 Å². The normalized spacial score (nSPS) is 10.4. The van der Waals surface area contributed by atoms with Crippen molar-refractivity contribution in [1.29, 1.82) is 0 Å². The molecule has 0 bridgehead atoms. The van der Waals surface area contributed by atoms with Gasteiger partial charge in [0.2, 0.25) is 10.1 Å². The third kappa shape index (κ3) is 1.07. The lowest BCUT2D eigenvalue weighted by Gasteiger charge is -1.95. The molecule has 1 heterocycles. The summed E-state index contributed by atoms with van der Waals surface area (Å²) >= 11 is 0. The van der Waals surface area contributed by atoms with E-state index in [2.05, 4.69) is 10.5 Å². The molecule has 5 N–H and O–H groups in total. The van der Waals surface area contributed by atoms with Gasteiger partial charge in [0.15, 0.2) is 0 Å². The van der Waals surface area contributed by atoms with Gasteiger partial charge in [-0.2, -0.15) is 11.3 Å². The highest BCUT2D eigenvalue weighted by molar-refractivity contribution is 5.66. The monoisotopic (exact) mass is 195 g/mol. The van der Waals surface area contributed by atoms with Crippen LogP contribution in [0.25, 0.3) is 11.0 Å². The molecule has 0 aliphatic carbocycles. The maximum Gasteiger partial charge on any atom is 0.466 e. The Morgan fingerprint density at radius 1 is 1.36 bits per heavy atom. The van der Waals surface area contributed by atoms with Gasteiger partial charge >= 0.3 is 11.5 Å². The van der Waals surface area contributed by atoms with Crippen molar-refractivity contribution in [2.75, 3.05) is 5.43 Å². The van der Waals surface area contributed by atoms with E-state index in [0.717, 1.165) is 4.73 Å². The van der Waals surface area contributed by atoms with Crippen molar-refractivity contribution in [3.8, 4) is 0 Å². The zero-order valence-corrected chi connectivity index (χ0v) is 7.14. The van der Waals surface area contributed by atoms with Crippen molar-refractivity contribution in [3.05, 3.63) is 29.2 Å². The van der Waals surface area contributed by atoms with E-state index in [4.69, 9.17) is 5.84 Å². The van der Waals surface area contributed by atoms with Crippen LogP contribution < -0.4 is 20.5 Å². The number of nitrogens with two attached hydrogens (primary N) is 1. The average Bonchev–Trinajstić information content (AvgIpc) is 2.23. The Balaban J connectivity index is 2.95. The van der Waals surface area contributed by atoms with Crippen LogP contribution in [0.2, 0.25) is 0 Å². The maximum absolute atomic E-state index is 11.4. The van der Waals surface area contributed by atoms with Crippen LogP contribution in [0.4, 0.5) is 5.95 Å². The first-order chi connectivity index (χ1) is 6.74. The molecule has 0 amide bonds. The highest BCUT2D eigenvalue weighted by atomic mass is 16.5. The van der Waals surface area contributed by atoms with Crippen molar-refractivity contribution in [1.82, 2.24) is 5.10 Å². The van der Waals surface area contributed by atoms with Crippen LogP contribution in [0.15, 0.2) is 24.3 Å². The quantitative estimate of drug-likeness (QED) is 0.201. The summed E-state index contributed by atoms with van der Waals surface area (Å²) in [6.45, 7) is 0. The van der Waals surface area contributed by atoms with E-state index in [1.807, 2.05) is 0 Å². The van der Waals surface area contributed by atoms with Gasteiger partial charge in [0, 0.05) is 11.2 Å². The molecular formula is C7H9N5O2+2. The maximum atomic E-state index is 11.4. The Hall–Kier alpha value is -2.15. The minimum atomic E-state index is -0.00120. The zero-order chi connectivity index (χ0) is 10.1. The SMILES string of the molecule is NNc1[nH][n+](=O)c2ccccc2[n+]1O. The number of rotatable bonds is 1. The molecule has 1 aromatic heterocycles. The third-order valence-electron chi connectivity index (χ3n) is 1.88. The predicted octanol–water partition coefficient (Wildman–Crippen LogP) is -1.11. The summed E-state index contributed by atoms with van der Waals surface area (Å²) in [5.41, 5.74) is 2.83. The Labute approximate surface area is 77.9 Å². The van der Waals surface area contributed by atoms with Gasteiger partial charge in [-0.15, -0.1) is 0 Å². The van der Waals surface area contributed by atoms with Crippen molar-refractivity contribution < 1.29 is 14.5 Å². The lowest BCUT2D eigenvalue weighted by atomic mass is 10.3. The lowest BCUT2D eigenvalue weighted by molar-refractivity contribution is -0.881. The van der Waals surface area contributed by atoms with Crippen LogP contribution in [-0.4, -0.2) is 10.3 Å². The Morgan fingerprint density at radius 2 is 2.00 bits per heavy atom. The van der Waals surface area contributed by atoms with E-state index in [0.29, 0.717) is 15.6 Å². The van der Waals surface area contributed by atoms with E-state index >= 15 is 0 Å². The number of aromatic amines is 1. The second kappa shape index (κ2) is 2.96. The van der Waals surface area contributed by atoms with Gasteiger partial charge in [0.1, 0.15) is 0 Å². The van der Waals surface area contributed by atoms with Crippen LogP contribution in [0, 0.1) is 4.91 Å². The fourth-order valence-electron chi connectivity index (χ4n) is 1.23. The van der Waals surface area contributed by atoms with Crippen molar-refractivity contribution in [2.45, 2.75) is 0 Å². The number of hydrazine groups is 1. The van der Waals surface area contributed by atoms with Crippen LogP contribution in [0.5, 0.6) is 0 Å². The number of hydrogen-bond donors (Lipinski definition) is 4. The molecule has 2 aromatic rings. The third-order valence-corrected chi connectivity index (χ3v) is 1.88. The molecule has 0 spiro atoms. The van der Waals surface area contributed by atoms with Gasteiger partial charge in [0.25, 0.3) is 0 Å². The summed E-state index contributed by atoms with van der Waals surface area (Å²) < 4.78 is 1.28. The number of anilines is 1. The van der Waals surface area contributed by atoms with Crippen molar-refractivity contribution >= 4 is 17.0 Å². The van der Waals surface area contributed by atoms with Crippen molar-refractivity contribution in [2.24, 2.45) is 5.84 Å². The molecule has 7 nitrogen and oxygen atoms in total. The van der Waals surface area contributed by atoms with Gasteiger partial charge in [0.05, 0.1) is 4.91 Å². The molecule has 7 heteroatoms. The van der Waals surface area contributed by atoms with Crippen LogP contribution in [0.1, 0.15) is 0 Å². The molecule has 0 saturated heterocycles. The lowest BCUT2D eigenvalue weighted by Crippen LogP contribution is -2.43. The van der Waals surface area contributed by atoms with E-state index in [-0.39, 0.29) is 5.95 Å². The second-order valence-corrected chi connectivity index (χ2v) is 2.70. The largest absolute Gasteiger partial charge is 0.466 e. The fourth-order valence-corrected chi connectivity index (χ4v) is 1.23. The number of nitrogens with one attached hydrogen (secondary N) is 2. The first-order valence-electron chi connectivity index (χ1n) is 3.89. The summed E-state index contributed by atoms with van der Waals surface area (Å²) in [4.78, 5) is 11.4. The summed E-state index contributed by atoms with van der Waals surface area (Å²) in [6, 6.07) is 6.57.